The molecule has 1 amide bonds. The molecule has 2 aromatic carbocycles. The van der Waals surface area contributed by atoms with Crippen molar-refractivity contribution in [1.82, 2.24) is 10.6 Å². The quantitative estimate of drug-likeness (QED) is 0.281. The summed E-state index contributed by atoms with van der Waals surface area (Å²) in [6, 6.07) is 13.7. The first-order valence-corrected chi connectivity index (χ1v) is 8.62. The van der Waals surface area contributed by atoms with E-state index in [0.29, 0.717) is 28.9 Å². The van der Waals surface area contributed by atoms with Crippen LogP contribution in [0.25, 0.3) is 0 Å². The Hall–Kier alpha value is -2.92. The molecule has 136 valence electrons. The molecule has 0 aliphatic heterocycles. The van der Waals surface area contributed by atoms with Crippen molar-refractivity contribution in [2.24, 2.45) is 0 Å². The smallest absolute Gasteiger partial charge is 0.252 e. The highest BCUT2D eigenvalue weighted by Crippen LogP contribution is 2.19. The second-order valence-corrected chi connectivity index (χ2v) is 6.21. The summed E-state index contributed by atoms with van der Waals surface area (Å²) in [5, 5.41) is 6.10. The maximum Gasteiger partial charge on any atom is 0.252 e. The fraction of sp³-hybridized carbons (Fsp3) is 0.238. The van der Waals surface area contributed by atoms with Gasteiger partial charge in [-0.15, -0.1) is 0 Å². The van der Waals surface area contributed by atoms with Gasteiger partial charge in [-0.3, -0.25) is 9.59 Å². The summed E-state index contributed by atoms with van der Waals surface area (Å²) in [6.07, 6.45) is 0.792. The molecule has 0 aliphatic carbocycles. The molecule has 0 aromatic heterocycles. The number of rotatable bonds is 9. The minimum atomic E-state index is -0.261. The van der Waals surface area contributed by atoms with Crippen molar-refractivity contribution < 1.29 is 9.59 Å². The third kappa shape index (κ3) is 5.29. The maximum atomic E-state index is 12.8. The van der Waals surface area contributed by atoms with Gasteiger partial charge in [-0.2, -0.15) is 0 Å². The van der Waals surface area contributed by atoms with Gasteiger partial charge in [0.25, 0.3) is 5.91 Å². The molecular formula is C21H25N3O2. The van der Waals surface area contributed by atoms with E-state index in [9.17, 15) is 9.59 Å². The Morgan fingerprint density at radius 1 is 0.962 bits per heavy atom. The summed E-state index contributed by atoms with van der Waals surface area (Å²) < 4.78 is 0. The molecule has 0 heterocycles. The number of hydrogen-bond acceptors (Lipinski definition) is 4. The van der Waals surface area contributed by atoms with Gasteiger partial charge < -0.3 is 16.4 Å². The molecule has 0 radical (unpaired) electrons. The first kappa shape index (κ1) is 19.4. The molecule has 2 aromatic rings. The minimum Gasteiger partial charge on any atom is -0.398 e. The van der Waals surface area contributed by atoms with Crippen LogP contribution in [0.2, 0.25) is 0 Å². The molecule has 0 fully saturated rings. The van der Waals surface area contributed by atoms with Crippen LogP contribution >= 0.6 is 0 Å². The lowest BCUT2D eigenvalue weighted by Crippen LogP contribution is -2.29. The zero-order valence-electron chi connectivity index (χ0n) is 15.0. The third-order valence-electron chi connectivity index (χ3n) is 3.86. The third-order valence-corrected chi connectivity index (χ3v) is 3.86. The van der Waals surface area contributed by atoms with Crippen molar-refractivity contribution in [3.63, 3.8) is 0 Å². The fourth-order valence-corrected chi connectivity index (χ4v) is 2.54. The number of nitrogen functional groups attached to an aromatic ring is 1. The van der Waals surface area contributed by atoms with Gasteiger partial charge in [-0.05, 0) is 38.1 Å². The van der Waals surface area contributed by atoms with E-state index >= 15 is 0 Å². The fourth-order valence-electron chi connectivity index (χ4n) is 2.54. The number of nitrogens with two attached hydrogens (primary N) is 1. The molecule has 2 rings (SSSR count). The predicted octanol–water partition coefficient (Wildman–Crippen LogP) is 2.79. The number of anilines is 1. The second kappa shape index (κ2) is 9.53. The monoisotopic (exact) mass is 351 g/mol. The normalized spacial score (nSPS) is 10.3. The summed E-state index contributed by atoms with van der Waals surface area (Å²) in [5.41, 5.74) is 8.48. The van der Waals surface area contributed by atoms with E-state index in [0.717, 1.165) is 25.1 Å². The lowest BCUT2D eigenvalue weighted by atomic mass is 9.97. The molecule has 0 atom stereocenters. The van der Waals surface area contributed by atoms with Crippen molar-refractivity contribution in [2.75, 3.05) is 25.4 Å². The lowest BCUT2D eigenvalue weighted by molar-refractivity contribution is 0.0942. The maximum absolute atomic E-state index is 12.8. The van der Waals surface area contributed by atoms with Crippen molar-refractivity contribution in [3.05, 3.63) is 77.4 Å². The van der Waals surface area contributed by atoms with Crippen LogP contribution in [-0.4, -0.2) is 31.3 Å². The molecule has 0 unspecified atom stereocenters. The standard InChI is InChI=1S/C21H25N3O2/c1-15(2)14-23-12-7-13-24-21(26)17-9-4-3-8-16(17)20(25)18-10-5-6-11-19(18)22/h3-6,8-11,23H,1,7,12-14,22H2,2H3,(H,24,26). The zero-order valence-corrected chi connectivity index (χ0v) is 15.0. The van der Waals surface area contributed by atoms with Crippen LogP contribution in [0, 0.1) is 0 Å². The molecule has 26 heavy (non-hydrogen) atoms. The first-order valence-electron chi connectivity index (χ1n) is 8.62. The van der Waals surface area contributed by atoms with E-state index in [1.165, 1.54) is 0 Å². The molecule has 0 bridgehead atoms. The lowest BCUT2D eigenvalue weighted by Gasteiger charge is -2.11. The Morgan fingerprint density at radius 3 is 2.23 bits per heavy atom. The number of carbonyl (C=O) groups is 2. The van der Waals surface area contributed by atoms with Gasteiger partial charge in [-0.25, -0.2) is 0 Å². The number of hydrogen-bond donors (Lipinski definition) is 3. The van der Waals surface area contributed by atoms with Crippen LogP contribution < -0.4 is 16.4 Å². The summed E-state index contributed by atoms with van der Waals surface area (Å²) in [5.74, 6) is -0.514. The Labute approximate surface area is 154 Å². The van der Waals surface area contributed by atoms with Crippen molar-refractivity contribution in [3.8, 4) is 0 Å². The molecule has 5 heteroatoms. The molecular weight excluding hydrogens is 326 g/mol. The van der Waals surface area contributed by atoms with Gasteiger partial charge in [0.15, 0.2) is 5.78 Å². The second-order valence-electron chi connectivity index (χ2n) is 6.21. The Kier molecular flexibility index (Phi) is 7.12. The highest BCUT2D eigenvalue weighted by molar-refractivity contribution is 6.17. The molecule has 4 N–H and O–H groups in total. The van der Waals surface area contributed by atoms with E-state index in [1.807, 2.05) is 6.92 Å². The number of nitrogens with one attached hydrogen (secondary N) is 2. The van der Waals surface area contributed by atoms with E-state index in [4.69, 9.17) is 5.73 Å². The highest BCUT2D eigenvalue weighted by Gasteiger charge is 2.19. The average Bonchev–Trinajstić information content (AvgIpc) is 2.64. The van der Waals surface area contributed by atoms with Crippen LogP contribution in [0.1, 0.15) is 39.6 Å². The number of carbonyl (C=O) groups excluding carboxylic acids is 2. The first-order chi connectivity index (χ1) is 12.5. The van der Waals surface area contributed by atoms with Crippen LogP contribution in [0.3, 0.4) is 0 Å². The zero-order chi connectivity index (χ0) is 18.9. The summed E-state index contributed by atoms with van der Waals surface area (Å²) in [4.78, 5) is 25.3. The summed E-state index contributed by atoms with van der Waals surface area (Å²) in [6.45, 7) is 7.87. The van der Waals surface area contributed by atoms with Gasteiger partial charge in [0, 0.05) is 29.9 Å². The predicted molar refractivity (Wildman–Crippen MR) is 105 cm³/mol. The summed E-state index contributed by atoms with van der Waals surface area (Å²) in [7, 11) is 0. The molecule has 0 saturated carbocycles. The Morgan fingerprint density at radius 2 is 1.58 bits per heavy atom. The van der Waals surface area contributed by atoms with Crippen LogP contribution in [0.15, 0.2) is 60.7 Å². The molecule has 0 saturated heterocycles. The van der Waals surface area contributed by atoms with Crippen molar-refractivity contribution in [2.45, 2.75) is 13.3 Å². The van der Waals surface area contributed by atoms with Gasteiger partial charge in [0.2, 0.25) is 0 Å². The molecule has 0 spiro atoms. The van der Waals surface area contributed by atoms with Gasteiger partial charge in [-0.1, -0.05) is 42.5 Å². The topological polar surface area (TPSA) is 84.2 Å². The van der Waals surface area contributed by atoms with E-state index in [1.54, 1.807) is 48.5 Å². The average molecular weight is 351 g/mol. The minimum absolute atomic E-state index is 0.253. The van der Waals surface area contributed by atoms with Crippen molar-refractivity contribution >= 4 is 17.4 Å². The SMILES string of the molecule is C=C(C)CNCCCNC(=O)c1ccccc1C(=O)c1ccccc1N. The number of para-hydroxylation sites is 1. The van der Waals surface area contributed by atoms with E-state index in [2.05, 4.69) is 17.2 Å². The van der Waals surface area contributed by atoms with Crippen LogP contribution in [0.4, 0.5) is 5.69 Å². The van der Waals surface area contributed by atoms with E-state index < -0.39 is 0 Å². The number of amides is 1. The van der Waals surface area contributed by atoms with Crippen LogP contribution in [-0.2, 0) is 0 Å². The molecule has 0 aliphatic rings. The molecule has 5 nitrogen and oxygen atoms in total. The van der Waals surface area contributed by atoms with Gasteiger partial charge in [0.1, 0.15) is 0 Å². The number of benzene rings is 2. The van der Waals surface area contributed by atoms with Gasteiger partial charge in [0.05, 0.1) is 5.56 Å². The van der Waals surface area contributed by atoms with Gasteiger partial charge >= 0.3 is 0 Å². The van der Waals surface area contributed by atoms with Crippen molar-refractivity contribution in [1.29, 1.82) is 0 Å². The number of ketones is 1. The highest BCUT2D eigenvalue weighted by atomic mass is 16.2. The summed E-state index contributed by atoms with van der Waals surface area (Å²) >= 11 is 0. The Balaban J connectivity index is 2.02. The largest absolute Gasteiger partial charge is 0.398 e. The Bertz CT molecular complexity index is 799. The van der Waals surface area contributed by atoms with E-state index in [-0.39, 0.29) is 11.7 Å². The van der Waals surface area contributed by atoms with Crippen LogP contribution in [0.5, 0.6) is 0 Å².